The van der Waals surface area contributed by atoms with Crippen molar-refractivity contribution in [2.75, 3.05) is 17.6 Å². The molecular formula is C12H15ClN4O2S. The zero-order valence-corrected chi connectivity index (χ0v) is 12.4. The number of anilines is 1. The third-order valence-corrected chi connectivity index (χ3v) is 4.10. The summed E-state index contributed by atoms with van der Waals surface area (Å²) >= 11 is 7.28. The van der Waals surface area contributed by atoms with Crippen LogP contribution in [0.15, 0.2) is 18.2 Å². The largest absolute Gasteiger partial charge is 0.330 e. The summed E-state index contributed by atoms with van der Waals surface area (Å²) in [7, 11) is 0. The molecule has 1 aliphatic rings. The molecule has 0 bridgehead atoms. The van der Waals surface area contributed by atoms with Gasteiger partial charge in [-0.15, -0.1) is 11.8 Å². The van der Waals surface area contributed by atoms with Gasteiger partial charge in [-0.1, -0.05) is 17.7 Å². The number of thioether (sulfide) groups is 1. The van der Waals surface area contributed by atoms with Gasteiger partial charge in [-0.3, -0.25) is 9.59 Å². The second-order valence-corrected chi connectivity index (χ2v) is 5.72. The number of benzene rings is 1. The Labute approximate surface area is 126 Å². The smallest absolute Gasteiger partial charge is 0.237 e. The van der Waals surface area contributed by atoms with Crippen molar-refractivity contribution in [3.63, 3.8) is 0 Å². The van der Waals surface area contributed by atoms with Crippen LogP contribution in [0.2, 0.25) is 5.02 Å². The minimum atomic E-state index is -0.317. The highest BCUT2D eigenvalue weighted by atomic mass is 35.5. The van der Waals surface area contributed by atoms with Crippen LogP contribution in [0, 0.1) is 6.92 Å². The molecule has 1 aromatic carbocycles. The van der Waals surface area contributed by atoms with Crippen LogP contribution < -0.4 is 21.5 Å². The quantitative estimate of drug-likeness (QED) is 0.662. The van der Waals surface area contributed by atoms with E-state index >= 15 is 0 Å². The van der Waals surface area contributed by atoms with Crippen molar-refractivity contribution in [1.29, 1.82) is 0 Å². The summed E-state index contributed by atoms with van der Waals surface area (Å²) in [5.74, 6) is -0.0414. The summed E-state index contributed by atoms with van der Waals surface area (Å²) in [4.78, 5) is 23.0. The molecule has 1 fully saturated rings. The first-order chi connectivity index (χ1) is 9.56. The molecular weight excluding hydrogens is 300 g/mol. The summed E-state index contributed by atoms with van der Waals surface area (Å²) in [6.45, 7) is 2.07. The second-order valence-electron chi connectivity index (χ2n) is 4.22. The lowest BCUT2D eigenvalue weighted by molar-refractivity contribution is -0.122. The van der Waals surface area contributed by atoms with Crippen molar-refractivity contribution >= 4 is 40.9 Å². The fourth-order valence-corrected chi connectivity index (χ4v) is 2.58. The first-order valence-corrected chi connectivity index (χ1v) is 7.43. The Balaban J connectivity index is 1.83. The van der Waals surface area contributed by atoms with Crippen molar-refractivity contribution in [2.45, 2.75) is 12.4 Å². The molecule has 1 atom stereocenters. The Morgan fingerprint density at radius 2 is 2.35 bits per heavy atom. The highest BCUT2D eigenvalue weighted by molar-refractivity contribution is 8.00. The Hall–Kier alpha value is -1.28. The van der Waals surface area contributed by atoms with Crippen LogP contribution in [0.5, 0.6) is 0 Å². The lowest BCUT2D eigenvalue weighted by atomic mass is 10.2. The monoisotopic (exact) mass is 314 g/mol. The van der Waals surface area contributed by atoms with Crippen molar-refractivity contribution in [3.8, 4) is 0 Å². The van der Waals surface area contributed by atoms with Crippen LogP contribution in [-0.2, 0) is 9.59 Å². The summed E-state index contributed by atoms with van der Waals surface area (Å²) < 4.78 is 0. The number of amides is 2. The first-order valence-electron chi connectivity index (χ1n) is 6.00. The highest BCUT2D eigenvalue weighted by Gasteiger charge is 2.18. The van der Waals surface area contributed by atoms with Gasteiger partial charge in [-0.2, -0.15) is 0 Å². The van der Waals surface area contributed by atoms with Crippen molar-refractivity contribution in [3.05, 3.63) is 28.8 Å². The SMILES string of the molecule is Cc1c(Cl)cccc1NC(=O)CSC1NNCC(=O)N1. The lowest BCUT2D eigenvalue weighted by Gasteiger charge is -2.24. The van der Waals surface area contributed by atoms with Gasteiger partial charge in [-0.25, -0.2) is 10.9 Å². The molecule has 0 radical (unpaired) electrons. The Kier molecular flexibility index (Phi) is 5.24. The fourth-order valence-electron chi connectivity index (χ4n) is 1.63. The van der Waals surface area contributed by atoms with E-state index in [1.54, 1.807) is 18.2 Å². The molecule has 1 aromatic rings. The zero-order valence-electron chi connectivity index (χ0n) is 10.8. The molecule has 1 aliphatic heterocycles. The van der Waals surface area contributed by atoms with E-state index < -0.39 is 0 Å². The van der Waals surface area contributed by atoms with Gasteiger partial charge in [0.25, 0.3) is 0 Å². The molecule has 1 unspecified atom stereocenters. The van der Waals surface area contributed by atoms with Gasteiger partial charge < -0.3 is 10.6 Å². The van der Waals surface area contributed by atoms with Crippen LogP contribution in [0.1, 0.15) is 5.56 Å². The number of carbonyl (C=O) groups excluding carboxylic acids is 2. The van der Waals surface area contributed by atoms with Crippen molar-refractivity contribution in [1.82, 2.24) is 16.2 Å². The number of rotatable bonds is 4. The summed E-state index contributed by atoms with van der Waals surface area (Å²) in [6.07, 6.45) is 0. The minimum absolute atomic E-state index is 0.104. The molecule has 8 heteroatoms. The predicted molar refractivity (Wildman–Crippen MR) is 80.3 cm³/mol. The number of carbonyl (C=O) groups is 2. The van der Waals surface area contributed by atoms with Gasteiger partial charge >= 0.3 is 0 Å². The summed E-state index contributed by atoms with van der Waals surface area (Å²) in [6, 6.07) is 5.35. The predicted octanol–water partition coefficient (Wildman–Crippen LogP) is 0.828. The van der Waals surface area contributed by atoms with E-state index in [0.29, 0.717) is 10.7 Å². The number of halogens is 1. The molecule has 0 aromatic heterocycles. The van der Waals surface area contributed by atoms with Crippen LogP contribution in [0.4, 0.5) is 5.69 Å². The molecule has 0 saturated carbocycles. The molecule has 1 heterocycles. The van der Waals surface area contributed by atoms with Gasteiger partial charge in [0.1, 0.15) is 5.50 Å². The Morgan fingerprint density at radius 1 is 1.55 bits per heavy atom. The Morgan fingerprint density at radius 3 is 3.10 bits per heavy atom. The summed E-state index contributed by atoms with van der Waals surface area (Å²) in [5, 5.41) is 6.11. The van der Waals surface area contributed by atoms with E-state index in [4.69, 9.17) is 11.6 Å². The molecule has 6 nitrogen and oxygen atoms in total. The number of hydrogen-bond donors (Lipinski definition) is 4. The summed E-state index contributed by atoms with van der Waals surface area (Å²) in [5.41, 5.74) is 6.82. The van der Waals surface area contributed by atoms with E-state index in [2.05, 4.69) is 21.5 Å². The zero-order chi connectivity index (χ0) is 14.5. The average molecular weight is 315 g/mol. The average Bonchev–Trinajstić information content (AvgIpc) is 2.42. The van der Waals surface area contributed by atoms with Gasteiger partial charge in [0.05, 0.1) is 12.3 Å². The topological polar surface area (TPSA) is 82.3 Å². The fraction of sp³-hybridized carbons (Fsp3) is 0.333. The van der Waals surface area contributed by atoms with Crippen molar-refractivity contribution < 1.29 is 9.59 Å². The standard InChI is InChI=1S/C12H15ClN4O2S/c1-7-8(13)3-2-4-9(7)15-11(19)6-20-12-16-10(18)5-14-17-12/h2-4,12,14,17H,5-6H2,1H3,(H,15,19)(H,16,18). The third-order valence-electron chi connectivity index (χ3n) is 2.70. The maximum atomic E-state index is 11.9. The number of nitrogens with one attached hydrogen (secondary N) is 4. The second kappa shape index (κ2) is 6.94. The molecule has 0 aliphatic carbocycles. The van der Waals surface area contributed by atoms with E-state index in [9.17, 15) is 9.59 Å². The normalized spacial score (nSPS) is 18.5. The minimum Gasteiger partial charge on any atom is -0.330 e. The first kappa shape index (κ1) is 15.1. The maximum Gasteiger partial charge on any atom is 0.237 e. The highest BCUT2D eigenvalue weighted by Crippen LogP contribution is 2.23. The van der Waals surface area contributed by atoms with Gasteiger partial charge in [0, 0.05) is 10.7 Å². The lowest BCUT2D eigenvalue weighted by Crippen LogP contribution is -2.58. The maximum absolute atomic E-state index is 11.9. The van der Waals surface area contributed by atoms with E-state index in [1.807, 2.05) is 6.92 Å². The molecule has 20 heavy (non-hydrogen) atoms. The number of hydrogen-bond acceptors (Lipinski definition) is 5. The van der Waals surface area contributed by atoms with Gasteiger partial charge in [-0.05, 0) is 24.6 Å². The molecule has 108 valence electrons. The molecule has 2 rings (SSSR count). The third kappa shape index (κ3) is 4.11. The molecule has 2 amide bonds. The Bertz CT molecular complexity index is 526. The van der Waals surface area contributed by atoms with Crippen molar-refractivity contribution in [2.24, 2.45) is 0 Å². The van der Waals surface area contributed by atoms with E-state index in [0.717, 1.165) is 5.56 Å². The van der Waals surface area contributed by atoms with Crippen LogP contribution in [-0.4, -0.2) is 29.6 Å². The van der Waals surface area contributed by atoms with E-state index in [1.165, 1.54) is 11.8 Å². The molecule has 4 N–H and O–H groups in total. The van der Waals surface area contributed by atoms with Gasteiger partial charge in [0.15, 0.2) is 0 Å². The van der Waals surface area contributed by atoms with E-state index in [-0.39, 0.29) is 29.6 Å². The molecule has 0 spiro atoms. The molecule has 1 saturated heterocycles. The van der Waals surface area contributed by atoms with Gasteiger partial charge in [0.2, 0.25) is 11.8 Å². The van der Waals surface area contributed by atoms with Crippen LogP contribution >= 0.6 is 23.4 Å². The number of hydrazine groups is 1. The van der Waals surface area contributed by atoms with Crippen LogP contribution in [0.3, 0.4) is 0 Å². The van der Waals surface area contributed by atoms with Crippen LogP contribution in [0.25, 0.3) is 0 Å².